The van der Waals surface area contributed by atoms with E-state index in [4.69, 9.17) is 24.3 Å². The van der Waals surface area contributed by atoms with Gasteiger partial charge in [0.15, 0.2) is 5.65 Å². The van der Waals surface area contributed by atoms with Crippen LogP contribution in [0.1, 0.15) is 69.4 Å². The molecule has 2 aliphatic heterocycles. The van der Waals surface area contributed by atoms with Crippen LogP contribution in [0.2, 0.25) is 51.4 Å². The quantitative estimate of drug-likeness (QED) is 0.0659. The fourth-order valence-corrected chi connectivity index (χ4v) is 9.36. The van der Waals surface area contributed by atoms with E-state index in [1.54, 1.807) is 18.5 Å². The Balaban J connectivity index is 1.36. The molecule has 0 N–H and O–H groups in total. The lowest BCUT2D eigenvalue weighted by atomic mass is 9.88. The highest BCUT2D eigenvalue weighted by molar-refractivity contribution is 7.15. The van der Waals surface area contributed by atoms with Gasteiger partial charge in [0.1, 0.15) is 29.9 Å². The number of ether oxygens (including phenoxy) is 3. The molecule has 11 nitrogen and oxygen atoms in total. The number of hydrogen-bond acceptors (Lipinski definition) is 10. The summed E-state index contributed by atoms with van der Waals surface area (Å²) in [5.41, 5.74) is 3.16. The molecule has 0 saturated carbocycles. The summed E-state index contributed by atoms with van der Waals surface area (Å²) in [5, 5.41) is 5.32. The van der Waals surface area contributed by atoms with E-state index in [0.717, 1.165) is 71.7 Å². The lowest BCUT2D eigenvalue weighted by Gasteiger charge is -2.39. The molecule has 1 unspecified atom stereocenters. The summed E-state index contributed by atoms with van der Waals surface area (Å²) < 4.78 is 46.9. The second-order valence-electron chi connectivity index (χ2n) is 18.3. The number of carbonyl (C=O) groups excluding carboxylic acids is 1. The van der Waals surface area contributed by atoms with Crippen molar-refractivity contribution >= 4 is 45.0 Å². The molecular weight excluding hydrogens is 757 g/mol. The second kappa shape index (κ2) is 16.7. The molecule has 0 aliphatic carbocycles. The summed E-state index contributed by atoms with van der Waals surface area (Å²) >= 11 is 0.941. The number of thiazole rings is 1. The summed E-state index contributed by atoms with van der Waals surface area (Å²) in [5.74, 6) is 0.931. The van der Waals surface area contributed by atoms with Gasteiger partial charge in [-0.3, -0.25) is 4.98 Å². The molecule has 6 rings (SSSR count). The van der Waals surface area contributed by atoms with Gasteiger partial charge >= 0.3 is 6.09 Å². The molecule has 2 fully saturated rings. The SMILES string of the molecule is CC(C)(C)OC(=O)N1[C@@H]2CC[C@H]1CC(c1cc(N(COCC[Si](C)(C)C)COCC[Si](C)(C)C)n3ncc(-c4ccc(-c5ncc(C(F)F)s5)nc4)c3n1)C2. The molecule has 6 heterocycles. The zero-order chi connectivity index (χ0) is 39.7. The highest BCUT2D eigenvalue weighted by atomic mass is 32.1. The number of anilines is 1. The molecule has 0 aromatic carbocycles. The molecule has 16 heteroatoms. The molecule has 4 aromatic rings. The largest absolute Gasteiger partial charge is 0.444 e. The average molecular weight is 814 g/mol. The van der Waals surface area contributed by atoms with Crippen molar-refractivity contribution in [3.8, 4) is 21.8 Å². The molecule has 300 valence electrons. The van der Waals surface area contributed by atoms with Gasteiger partial charge in [-0.15, -0.1) is 11.3 Å². The number of nitrogens with zero attached hydrogens (tertiary/aromatic N) is 7. The number of aromatic nitrogens is 5. The Hall–Kier alpha value is -3.32. The highest BCUT2D eigenvalue weighted by Crippen LogP contribution is 2.44. The Labute approximate surface area is 329 Å². The number of halogens is 2. The Morgan fingerprint density at radius 3 is 2.11 bits per heavy atom. The normalized spacial score (nSPS) is 19.1. The monoisotopic (exact) mass is 813 g/mol. The molecule has 4 aromatic heterocycles. The Morgan fingerprint density at radius 1 is 0.945 bits per heavy atom. The Morgan fingerprint density at radius 2 is 1.58 bits per heavy atom. The predicted molar refractivity (Wildman–Crippen MR) is 220 cm³/mol. The van der Waals surface area contributed by atoms with Crippen LogP contribution in [0.3, 0.4) is 0 Å². The van der Waals surface area contributed by atoms with E-state index in [1.807, 2.05) is 36.3 Å². The van der Waals surface area contributed by atoms with Gasteiger partial charge in [0, 0.05) is 82.6 Å². The lowest BCUT2D eigenvalue weighted by molar-refractivity contribution is 0.00568. The van der Waals surface area contributed by atoms with Gasteiger partial charge in [-0.25, -0.2) is 23.5 Å². The van der Waals surface area contributed by atoms with Crippen molar-refractivity contribution in [3.63, 3.8) is 0 Å². The molecule has 3 atom stereocenters. The second-order valence-corrected chi connectivity index (χ2v) is 30.6. The average Bonchev–Trinajstić information content (AvgIpc) is 3.82. The van der Waals surface area contributed by atoms with Gasteiger partial charge in [-0.2, -0.15) is 9.61 Å². The van der Waals surface area contributed by atoms with Gasteiger partial charge in [0.25, 0.3) is 6.43 Å². The zero-order valence-corrected chi connectivity index (χ0v) is 36.6. The number of piperidine rings is 1. The summed E-state index contributed by atoms with van der Waals surface area (Å²) in [4.78, 5) is 31.4. The van der Waals surface area contributed by atoms with E-state index in [0.29, 0.717) is 43.0 Å². The van der Waals surface area contributed by atoms with Gasteiger partial charge in [0.05, 0.1) is 16.8 Å². The van der Waals surface area contributed by atoms with Crippen LogP contribution >= 0.6 is 11.3 Å². The predicted octanol–water partition coefficient (Wildman–Crippen LogP) is 9.93. The van der Waals surface area contributed by atoms with Crippen molar-refractivity contribution in [2.24, 2.45) is 0 Å². The number of fused-ring (bicyclic) bond motifs is 3. The molecule has 55 heavy (non-hydrogen) atoms. The standard InChI is InChI=1S/C39H57F2N7O4SSi2/c1-39(2,3)52-38(49)47-28-11-12-29(47)19-27(18-28)32-20-34(46(24-50-14-16-54(4,5)6)25-51-15-17-55(7,8)9)48-36(45-32)30(22-44-48)26-10-13-31(42-21-26)37-43-23-33(53-37)35(40)41/h10,13,20-23,27-29,35H,11-12,14-19,24-25H2,1-9H3/t27?,28-,29+. The van der Waals surface area contributed by atoms with Crippen molar-refractivity contribution in [2.75, 3.05) is 31.6 Å². The third kappa shape index (κ3) is 10.6. The van der Waals surface area contributed by atoms with E-state index in [2.05, 4.69) is 60.2 Å². The molecule has 2 aliphatic rings. The van der Waals surface area contributed by atoms with Gasteiger partial charge in [-0.05, 0) is 64.6 Å². The summed E-state index contributed by atoms with van der Waals surface area (Å²) in [6.45, 7) is 21.8. The molecule has 2 saturated heterocycles. The maximum atomic E-state index is 13.3. The van der Waals surface area contributed by atoms with Crippen LogP contribution in [0.4, 0.5) is 19.4 Å². The molecule has 1 amide bonds. The number of carbonyl (C=O) groups is 1. The smallest absolute Gasteiger partial charge is 0.410 e. The number of pyridine rings is 1. The van der Waals surface area contributed by atoms with Crippen molar-refractivity contribution in [1.29, 1.82) is 0 Å². The van der Waals surface area contributed by atoms with E-state index >= 15 is 0 Å². The maximum Gasteiger partial charge on any atom is 0.410 e. The summed E-state index contributed by atoms with van der Waals surface area (Å²) in [6, 6.07) is 8.08. The summed E-state index contributed by atoms with van der Waals surface area (Å²) in [6.07, 6.45) is 5.36. The third-order valence-corrected chi connectivity index (χ3v) is 14.5. The molecule has 2 bridgehead atoms. The van der Waals surface area contributed by atoms with Crippen LogP contribution in [0.5, 0.6) is 0 Å². The highest BCUT2D eigenvalue weighted by Gasteiger charge is 2.45. The Bertz CT molecular complexity index is 1890. The fourth-order valence-electron chi connectivity index (χ4n) is 7.10. The first-order valence-electron chi connectivity index (χ1n) is 19.4. The van der Waals surface area contributed by atoms with Crippen molar-refractivity contribution in [2.45, 2.75) is 128 Å². The van der Waals surface area contributed by atoms with E-state index < -0.39 is 28.2 Å². The van der Waals surface area contributed by atoms with Crippen molar-refractivity contribution in [1.82, 2.24) is 29.5 Å². The van der Waals surface area contributed by atoms with Crippen molar-refractivity contribution < 1.29 is 27.8 Å². The minimum absolute atomic E-state index is 0.0727. The third-order valence-electron chi connectivity index (χ3n) is 10.1. The van der Waals surface area contributed by atoms with Gasteiger partial charge in [-0.1, -0.05) is 45.3 Å². The van der Waals surface area contributed by atoms with Gasteiger partial charge < -0.3 is 24.0 Å². The summed E-state index contributed by atoms with van der Waals surface area (Å²) in [7, 11) is -2.62. The fraction of sp³-hybridized carbons (Fsp3) is 0.615. The van der Waals surface area contributed by atoms with Crippen molar-refractivity contribution in [3.05, 3.63) is 47.4 Å². The molecule has 0 radical (unpaired) electrons. The van der Waals surface area contributed by atoms with E-state index in [1.165, 1.54) is 6.20 Å². The number of hydrogen-bond donors (Lipinski definition) is 0. The maximum absolute atomic E-state index is 13.3. The van der Waals surface area contributed by atoms with Crippen LogP contribution < -0.4 is 4.90 Å². The van der Waals surface area contributed by atoms with Crippen LogP contribution in [-0.2, 0) is 14.2 Å². The van der Waals surface area contributed by atoms with Crippen LogP contribution in [0.25, 0.3) is 27.5 Å². The van der Waals surface area contributed by atoms with Crippen LogP contribution in [-0.4, -0.2) is 96.1 Å². The molecular formula is C39H57F2N7O4SSi2. The molecule has 0 spiro atoms. The first kappa shape index (κ1) is 41.3. The first-order valence-corrected chi connectivity index (χ1v) is 27.6. The first-order chi connectivity index (χ1) is 25.8. The van der Waals surface area contributed by atoms with E-state index in [9.17, 15) is 13.6 Å². The number of alkyl halides is 2. The lowest BCUT2D eigenvalue weighted by Crippen LogP contribution is -2.48. The van der Waals surface area contributed by atoms with Gasteiger partial charge in [0.2, 0.25) is 0 Å². The van der Waals surface area contributed by atoms with Crippen LogP contribution in [0.15, 0.2) is 36.8 Å². The topological polar surface area (TPSA) is 107 Å². The number of amides is 1. The zero-order valence-electron chi connectivity index (χ0n) is 33.8. The van der Waals surface area contributed by atoms with Crippen LogP contribution in [0, 0.1) is 0 Å². The minimum atomic E-state index is -2.57. The Kier molecular flexibility index (Phi) is 12.5. The van der Waals surface area contributed by atoms with E-state index in [-0.39, 0.29) is 29.0 Å². The minimum Gasteiger partial charge on any atom is -0.444 e. The number of rotatable bonds is 15.